The zero-order chi connectivity index (χ0) is 17.1. The highest BCUT2D eigenvalue weighted by molar-refractivity contribution is 5.80. The molecule has 24 heavy (non-hydrogen) atoms. The van der Waals surface area contributed by atoms with E-state index in [1.165, 1.54) is 0 Å². The number of nitriles is 1. The number of hydrogen-bond donors (Lipinski definition) is 2. The predicted molar refractivity (Wildman–Crippen MR) is 92.6 cm³/mol. The van der Waals surface area contributed by atoms with E-state index in [-0.39, 0.29) is 13.2 Å². The molecule has 3 rings (SSSR count). The first-order valence-electron chi connectivity index (χ1n) is 8.19. The normalized spacial score (nSPS) is 16.3. The molecule has 1 aliphatic rings. The SMILES string of the molecule is CC1CCc2nc(N)c(C#N)c(-c3cccc(OCCO)c3)c2C1. The van der Waals surface area contributed by atoms with Crippen molar-refractivity contribution in [1.82, 2.24) is 4.98 Å². The van der Waals surface area contributed by atoms with Crippen LogP contribution in [0.15, 0.2) is 24.3 Å². The molecule has 0 aliphatic heterocycles. The van der Waals surface area contributed by atoms with Gasteiger partial charge in [0.15, 0.2) is 0 Å². The molecule has 0 amide bonds. The van der Waals surface area contributed by atoms with Crippen LogP contribution >= 0.6 is 0 Å². The molecule has 1 atom stereocenters. The number of aromatic nitrogens is 1. The van der Waals surface area contributed by atoms with Crippen molar-refractivity contribution >= 4 is 5.82 Å². The Morgan fingerprint density at radius 1 is 1.46 bits per heavy atom. The van der Waals surface area contributed by atoms with Gasteiger partial charge in [0.2, 0.25) is 0 Å². The summed E-state index contributed by atoms with van der Waals surface area (Å²) in [6.45, 7) is 2.42. The minimum atomic E-state index is -0.0389. The fourth-order valence-corrected chi connectivity index (χ4v) is 3.29. The maximum atomic E-state index is 9.60. The van der Waals surface area contributed by atoms with Gasteiger partial charge in [-0.3, -0.25) is 0 Å². The molecule has 2 aromatic rings. The smallest absolute Gasteiger partial charge is 0.142 e. The molecule has 1 unspecified atom stereocenters. The van der Waals surface area contributed by atoms with Crippen LogP contribution in [0.1, 0.15) is 30.2 Å². The third-order valence-corrected chi connectivity index (χ3v) is 4.43. The Balaban J connectivity index is 2.16. The van der Waals surface area contributed by atoms with E-state index in [4.69, 9.17) is 15.6 Å². The zero-order valence-corrected chi connectivity index (χ0v) is 13.7. The van der Waals surface area contributed by atoms with Crippen molar-refractivity contribution in [2.24, 2.45) is 5.92 Å². The minimum Gasteiger partial charge on any atom is -0.491 e. The fourth-order valence-electron chi connectivity index (χ4n) is 3.29. The number of nitrogens with two attached hydrogens (primary N) is 1. The molecule has 124 valence electrons. The topological polar surface area (TPSA) is 92.2 Å². The van der Waals surface area contributed by atoms with Gasteiger partial charge in [-0.15, -0.1) is 0 Å². The molecule has 0 bridgehead atoms. The highest BCUT2D eigenvalue weighted by atomic mass is 16.5. The molecule has 1 aromatic heterocycles. The van der Waals surface area contributed by atoms with E-state index in [0.29, 0.717) is 23.0 Å². The molecule has 0 spiro atoms. The molecule has 3 N–H and O–H groups in total. The number of nitrogen functional groups attached to an aromatic ring is 1. The van der Waals surface area contributed by atoms with Crippen molar-refractivity contribution in [2.75, 3.05) is 18.9 Å². The van der Waals surface area contributed by atoms with Gasteiger partial charge >= 0.3 is 0 Å². The van der Waals surface area contributed by atoms with Gasteiger partial charge in [0, 0.05) is 11.3 Å². The van der Waals surface area contributed by atoms with Crippen molar-refractivity contribution < 1.29 is 9.84 Å². The zero-order valence-electron chi connectivity index (χ0n) is 13.7. The lowest BCUT2D eigenvalue weighted by Gasteiger charge is -2.25. The van der Waals surface area contributed by atoms with Crippen LogP contribution in [-0.4, -0.2) is 23.3 Å². The number of hydrogen-bond acceptors (Lipinski definition) is 5. The molecule has 0 saturated carbocycles. The van der Waals surface area contributed by atoms with E-state index in [0.717, 1.165) is 41.6 Å². The Hall–Kier alpha value is -2.58. The maximum Gasteiger partial charge on any atom is 0.142 e. The van der Waals surface area contributed by atoms with Crippen LogP contribution in [0.2, 0.25) is 0 Å². The second kappa shape index (κ2) is 6.90. The van der Waals surface area contributed by atoms with Gasteiger partial charge in [-0.2, -0.15) is 5.26 Å². The van der Waals surface area contributed by atoms with Crippen molar-refractivity contribution in [3.8, 4) is 22.9 Å². The Kier molecular flexibility index (Phi) is 4.68. The average molecular weight is 323 g/mol. The average Bonchev–Trinajstić information content (AvgIpc) is 2.59. The van der Waals surface area contributed by atoms with E-state index in [2.05, 4.69) is 18.0 Å². The second-order valence-electron chi connectivity index (χ2n) is 6.23. The standard InChI is InChI=1S/C19H21N3O2/c1-12-5-6-17-15(9-12)18(16(11-20)19(21)22-17)13-3-2-4-14(10-13)24-8-7-23/h2-4,10,12,23H,5-9H2,1H3,(H2,21,22). The van der Waals surface area contributed by atoms with E-state index in [1.54, 1.807) is 0 Å². The van der Waals surface area contributed by atoms with Crippen LogP contribution < -0.4 is 10.5 Å². The largest absolute Gasteiger partial charge is 0.491 e. The number of aryl methyl sites for hydroxylation is 1. The van der Waals surface area contributed by atoms with Crippen molar-refractivity contribution in [2.45, 2.75) is 26.2 Å². The molecular formula is C19H21N3O2. The van der Waals surface area contributed by atoms with Crippen LogP contribution in [0.3, 0.4) is 0 Å². The van der Waals surface area contributed by atoms with Crippen molar-refractivity contribution in [1.29, 1.82) is 5.26 Å². The third-order valence-electron chi connectivity index (χ3n) is 4.43. The van der Waals surface area contributed by atoms with E-state index >= 15 is 0 Å². The van der Waals surface area contributed by atoms with Gasteiger partial charge < -0.3 is 15.6 Å². The van der Waals surface area contributed by atoms with E-state index < -0.39 is 0 Å². The Morgan fingerprint density at radius 2 is 2.29 bits per heavy atom. The fraction of sp³-hybridized carbons (Fsp3) is 0.368. The number of rotatable bonds is 4. The molecule has 0 fully saturated rings. The first-order valence-corrected chi connectivity index (χ1v) is 8.19. The van der Waals surface area contributed by atoms with Gasteiger partial charge in [-0.25, -0.2) is 4.98 Å². The van der Waals surface area contributed by atoms with Gasteiger partial charge in [0.05, 0.1) is 6.61 Å². The number of anilines is 1. The summed E-state index contributed by atoms with van der Waals surface area (Å²) in [5.74, 6) is 1.52. The Bertz CT molecular complexity index is 796. The number of ether oxygens (including phenoxy) is 1. The first kappa shape index (κ1) is 16.3. The summed E-state index contributed by atoms with van der Waals surface area (Å²) in [6, 6.07) is 9.80. The molecule has 1 aromatic carbocycles. The summed E-state index contributed by atoms with van der Waals surface area (Å²) in [5.41, 5.74) is 10.4. The summed E-state index contributed by atoms with van der Waals surface area (Å²) < 4.78 is 5.51. The van der Waals surface area contributed by atoms with Crippen LogP contribution in [0.4, 0.5) is 5.82 Å². The van der Waals surface area contributed by atoms with Crippen molar-refractivity contribution in [3.05, 3.63) is 41.1 Å². The molecule has 1 heterocycles. The number of aliphatic hydroxyl groups excluding tert-OH is 1. The number of nitrogens with zero attached hydrogens (tertiary/aromatic N) is 2. The van der Waals surface area contributed by atoms with Gasteiger partial charge in [-0.1, -0.05) is 19.1 Å². The molecule has 1 aliphatic carbocycles. The molecule has 0 radical (unpaired) electrons. The Labute approximate surface area is 141 Å². The van der Waals surface area contributed by atoms with Gasteiger partial charge in [0.25, 0.3) is 0 Å². The van der Waals surface area contributed by atoms with Crippen LogP contribution in [-0.2, 0) is 12.8 Å². The van der Waals surface area contributed by atoms with Crippen LogP contribution in [0.25, 0.3) is 11.1 Å². The summed E-state index contributed by atoms with van der Waals surface area (Å²) >= 11 is 0. The third kappa shape index (κ3) is 3.06. The number of pyridine rings is 1. The lowest BCUT2D eigenvalue weighted by atomic mass is 9.82. The van der Waals surface area contributed by atoms with E-state index in [1.807, 2.05) is 24.3 Å². The minimum absolute atomic E-state index is 0.0389. The molecule has 5 heteroatoms. The van der Waals surface area contributed by atoms with Crippen LogP contribution in [0.5, 0.6) is 5.75 Å². The monoisotopic (exact) mass is 323 g/mol. The Morgan fingerprint density at radius 3 is 3.04 bits per heavy atom. The van der Waals surface area contributed by atoms with Crippen LogP contribution in [0, 0.1) is 17.2 Å². The first-order chi connectivity index (χ1) is 11.6. The highest BCUT2D eigenvalue weighted by Gasteiger charge is 2.24. The predicted octanol–water partition coefficient (Wildman–Crippen LogP) is 2.70. The lowest BCUT2D eigenvalue weighted by molar-refractivity contribution is 0.201. The van der Waals surface area contributed by atoms with Crippen molar-refractivity contribution in [3.63, 3.8) is 0 Å². The number of benzene rings is 1. The van der Waals surface area contributed by atoms with E-state index in [9.17, 15) is 5.26 Å². The summed E-state index contributed by atoms with van der Waals surface area (Å²) in [6.07, 6.45) is 2.87. The lowest BCUT2D eigenvalue weighted by Crippen LogP contribution is -2.16. The summed E-state index contributed by atoms with van der Waals surface area (Å²) in [5, 5.41) is 18.5. The van der Waals surface area contributed by atoms with Gasteiger partial charge in [-0.05, 0) is 48.4 Å². The highest BCUT2D eigenvalue weighted by Crippen LogP contribution is 2.38. The quantitative estimate of drug-likeness (QED) is 0.902. The number of fused-ring (bicyclic) bond motifs is 1. The molecule has 5 nitrogen and oxygen atoms in total. The summed E-state index contributed by atoms with van der Waals surface area (Å²) in [7, 11) is 0. The molecule has 0 saturated heterocycles. The van der Waals surface area contributed by atoms with Gasteiger partial charge in [0.1, 0.15) is 29.8 Å². The maximum absolute atomic E-state index is 9.60. The summed E-state index contributed by atoms with van der Waals surface area (Å²) in [4.78, 5) is 4.47. The number of aliphatic hydroxyl groups is 1. The molecular weight excluding hydrogens is 302 g/mol. The second-order valence-corrected chi connectivity index (χ2v) is 6.23.